The van der Waals surface area contributed by atoms with Crippen LogP contribution in [-0.4, -0.2) is 29.8 Å². The van der Waals surface area contributed by atoms with Gasteiger partial charge in [0, 0.05) is 25.9 Å². The Balaban J connectivity index is 1.36. The lowest BCUT2D eigenvalue weighted by Gasteiger charge is -2.33. The fraction of sp³-hybridized carbons (Fsp3) is 0.524. The van der Waals surface area contributed by atoms with E-state index in [9.17, 15) is 9.59 Å². The summed E-state index contributed by atoms with van der Waals surface area (Å²) in [7, 11) is 0. The lowest BCUT2D eigenvalue weighted by molar-refractivity contribution is -0.133. The number of nitrogens with zero attached hydrogens (tertiary/aromatic N) is 1. The van der Waals surface area contributed by atoms with E-state index in [2.05, 4.69) is 22.1 Å². The number of piperidine rings is 1. The molecule has 27 heavy (non-hydrogen) atoms. The molecule has 0 bridgehead atoms. The predicted molar refractivity (Wildman–Crippen MR) is 106 cm³/mol. The highest BCUT2D eigenvalue weighted by Gasteiger charge is 2.23. The Morgan fingerprint density at radius 3 is 2.93 bits per heavy atom. The summed E-state index contributed by atoms with van der Waals surface area (Å²) in [5, 5.41) is 7.07. The normalized spacial score (nSPS) is 17.1. The molecule has 1 aliphatic rings. The van der Waals surface area contributed by atoms with Crippen LogP contribution in [0.4, 0.5) is 0 Å². The van der Waals surface area contributed by atoms with E-state index in [0.29, 0.717) is 25.3 Å². The van der Waals surface area contributed by atoms with Crippen molar-refractivity contribution in [2.45, 2.75) is 52.0 Å². The highest BCUT2D eigenvalue weighted by molar-refractivity contribution is 7.07. The largest absolute Gasteiger partial charge is 0.465 e. The van der Waals surface area contributed by atoms with Gasteiger partial charge in [-0.15, -0.1) is 0 Å². The van der Waals surface area contributed by atoms with E-state index in [1.807, 2.05) is 24.0 Å². The summed E-state index contributed by atoms with van der Waals surface area (Å²) >= 11 is 1.67. The summed E-state index contributed by atoms with van der Waals surface area (Å²) in [6.45, 7) is 3.96. The smallest absolute Gasteiger partial charge is 0.222 e. The molecular formula is C21H28N2O3S. The average Bonchev–Trinajstić information content (AvgIpc) is 3.34. The molecule has 0 saturated carbocycles. The summed E-state index contributed by atoms with van der Waals surface area (Å²) in [5.41, 5.74) is 1.24. The van der Waals surface area contributed by atoms with Crippen molar-refractivity contribution in [3.63, 3.8) is 0 Å². The Hall–Kier alpha value is -2.08. The number of amides is 2. The highest BCUT2D eigenvalue weighted by Crippen LogP contribution is 2.22. The van der Waals surface area contributed by atoms with E-state index in [0.717, 1.165) is 50.3 Å². The summed E-state index contributed by atoms with van der Waals surface area (Å²) in [6, 6.07) is 5.86. The maximum atomic E-state index is 12.5. The van der Waals surface area contributed by atoms with Gasteiger partial charge in [-0.2, -0.15) is 11.3 Å². The van der Waals surface area contributed by atoms with Crippen molar-refractivity contribution in [2.75, 3.05) is 13.1 Å². The van der Waals surface area contributed by atoms with Crippen molar-refractivity contribution in [3.8, 4) is 0 Å². The van der Waals surface area contributed by atoms with Crippen LogP contribution in [0.1, 0.15) is 49.2 Å². The van der Waals surface area contributed by atoms with Crippen molar-refractivity contribution in [3.05, 3.63) is 46.0 Å². The number of hydrogen-bond donors (Lipinski definition) is 1. The van der Waals surface area contributed by atoms with Crippen LogP contribution in [0.5, 0.6) is 0 Å². The highest BCUT2D eigenvalue weighted by atomic mass is 32.1. The van der Waals surface area contributed by atoms with Crippen molar-refractivity contribution < 1.29 is 14.0 Å². The third kappa shape index (κ3) is 6.24. The second-order valence-electron chi connectivity index (χ2n) is 7.31. The minimum Gasteiger partial charge on any atom is -0.465 e. The van der Waals surface area contributed by atoms with Gasteiger partial charge < -0.3 is 14.6 Å². The Morgan fingerprint density at radius 2 is 2.19 bits per heavy atom. The zero-order valence-corrected chi connectivity index (χ0v) is 16.7. The second kappa shape index (κ2) is 9.74. The number of carbonyl (C=O) groups excluding carboxylic acids is 2. The van der Waals surface area contributed by atoms with E-state index in [1.165, 1.54) is 5.56 Å². The molecule has 6 heteroatoms. The third-order valence-corrected chi connectivity index (χ3v) is 5.85. The molecule has 1 unspecified atom stereocenters. The van der Waals surface area contributed by atoms with Crippen LogP contribution in [-0.2, 0) is 22.6 Å². The first-order valence-corrected chi connectivity index (χ1v) is 10.7. The van der Waals surface area contributed by atoms with Crippen molar-refractivity contribution >= 4 is 23.2 Å². The van der Waals surface area contributed by atoms with Gasteiger partial charge in [-0.1, -0.05) is 0 Å². The molecule has 1 N–H and O–H groups in total. The van der Waals surface area contributed by atoms with Crippen LogP contribution < -0.4 is 5.32 Å². The number of nitrogens with one attached hydrogen (secondary N) is 1. The van der Waals surface area contributed by atoms with Gasteiger partial charge in [0.15, 0.2) is 0 Å². The van der Waals surface area contributed by atoms with Gasteiger partial charge in [-0.3, -0.25) is 9.59 Å². The maximum Gasteiger partial charge on any atom is 0.222 e. The summed E-state index contributed by atoms with van der Waals surface area (Å²) in [4.78, 5) is 26.6. The number of thiophene rings is 1. The van der Waals surface area contributed by atoms with E-state index < -0.39 is 0 Å². The summed E-state index contributed by atoms with van der Waals surface area (Å²) in [5.74, 6) is 2.33. The quantitative estimate of drug-likeness (QED) is 0.746. The molecule has 2 amide bonds. The molecule has 0 radical (unpaired) electrons. The fourth-order valence-corrected chi connectivity index (χ4v) is 4.26. The lowest BCUT2D eigenvalue weighted by atomic mass is 9.93. The first-order valence-electron chi connectivity index (χ1n) is 9.71. The molecule has 3 rings (SSSR count). The van der Waals surface area contributed by atoms with Gasteiger partial charge in [-0.25, -0.2) is 0 Å². The van der Waals surface area contributed by atoms with Gasteiger partial charge in [-0.05, 0) is 73.0 Å². The Morgan fingerprint density at radius 1 is 1.30 bits per heavy atom. The first kappa shape index (κ1) is 19.7. The van der Waals surface area contributed by atoms with Crippen LogP contribution in [0.2, 0.25) is 0 Å². The SMILES string of the molecule is Cc1ccc(CNC(=O)CCC2CCCN(C(=O)CCc3ccsc3)C2)o1. The molecule has 3 heterocycles. The molecule has 0 spiro atoms. The van der Waals surface area contributed by atoms with E-state index >= 15 is 0 Å². The molecule has 146 valence electrons. The molecule has 2 aromatic rings. The van der Waals surface area contributed by atoms with Crippen molar-refractivity contribution in [1.82, 2.24) is 10.2 Å². The molecule has 0 aliphatic carbocycles. The summed E-state index contributed by atoms with van der Waals surface area (Å²) in [6.07, 6.45) is 4.85. The van der Waals surface area contributed by atoms with E-state index in [4.69, 9.17) is 4.42 Å². The van der Waals surface area contributed by atoms with E-state index in [1.54, 1.807) is 11.3 Å². The average molecular weight is 389 g/mol. The molecule has 1 aliphatic heterocycles. The van der Waals surface area contributed by atoms with Gasteiger partial charge in [0.1, 0.15) is 11.5 Å². The van der Waals surface area contributed by atoms with Gasteiger partial charge in [0.05, 0.1) is 6.54 Å². The third-order valence-electron chi connectivity index (χ3n) is 5.11. The van der Waals surface area contributed by atoms with Crippen LogP contribution >= 0.6 is 11.3 Å². The van der Waals surface area contributed by atoms with E-state index in [-0.39, 0.29) is 11.8 Å². The number of carbonyl (C=O) groups is 2. The van der Waals surface area contributed by atoms with Crippen LogP contribution in [0.15, 0.2) is 33.4 Å². The lowest BCUT2D eigenvalue weighted by Crippen LogP contribution is -2.40. The molecule has 1 saturated heterocycles. The minimum absolute atomic E-state index is 0.0463. The molecule has 5 nitrogen and oxygen atoms in total. The fourth-order valence-electron chi connectivity index (χ4n) is 3.56. The Bertz CT molecular complexity index is 738. The zero-order chi connectivity index (χ0) is 19.1. The van der Waals surface area contributed by atoms with Crippen LogP contribution in [0.3, 0.4) is 0 Å². The number of aryl methyl sites for hydroxylation is 2. The molecule has 2 aromatic heterocycles. The van der Waals surface area contributed by atoms with Crippen LogP contribution in [0, 0.1) is 12.8 Å². The van der Waals surface area contributed by atoms with Crippen molar-refractivity contribution in [2.24, 2.45) is 5.92 Å². The number of furan rings is 1. The topological polar surface area (TPSA) is 62.6 Å². The first-order chi connectivity index (χ1) is 13.1. The molecule has 0 aromatic carbocycles. The van der Waals surface area contributed by atoms with Crippen LogP contribution in [0.25, 0.3) is 0 Å². The van der Waals surface area contributed by atoms with Gasteiger partial charge >= 0.3 is 0 Å². The van der Waals surface area contributed by atoms with Gasteiger partial charge in [0.2, 0.25) is 11.8 Å². The molecule has 1 fully saturated rings. The van der Waals surface area contributed by atoms with Crippen molar-refractivity contribution in [1.29, 1.82) is 0 Å². The standard InChI is InChI=1S/C21H28N2O3S/c1-16-4-7-19(26-16)13-22-20(24)8-5-17-3-2-11-23(14-17)21(25)9-6-18-10-12-27-15-18/h4,7,10,12,15,17H,2-3,5-6,8-9,11,13-14H2,1H3,(H,22,24). The molecular weight excluding hydrogens is 360 g/mol. The molecule has 1 atom stereocenters. The predicted octanol–water partition coefficient (Wildman–Crippen LogP) is 3.92. The second-order valence-corrected chi connectivity index (χ2v) is 8.09. The summed E-state index contributed by atoms with van der Waals surface area (Å²) < 4.78 is 5.46. The maximum absolute atomic E-state index is 12.5. The minimum atomic E-state index is 0.0463. The van der Waals surface area contributed by atoms with Gasteiger partial charge in [0.25, 0.3) is 0 Å². The Kier molecular flexibility index (Phi) is 7.10. The monoisotopic (exact) mass is 388 g/mol. The Labute approximate surface area is 164 Å². The number of likely N-dealkylation sites (tertiary alicyclic amines) is 1. The zero-order valence-electron chi connectivity index (χ0n) is 15.9. The number of rotatable bonds is 8. The number of hydrogen-bond acceptors (Lipinski definition) is 4.